The van der Waals surface area contributed by atoms with Crippen LogP contribution >= 0.6 is 0 Å². The van der Waals surface area contributed by atoms with Gasteiger partial charge < -0.3 is 25.4 Å². The van der Waals surface area contributed by atoms with Crippen molar-refractivity contribution in [3.8, 4) is 11.5 Å². The van der Waals surface area contributed by atoms with Crippen molar-refractivity contribution in [2.75, 3.05) is 37.0 Å². The number of amides is 2. The predicted molar refractivity (Wildman–Crippen MR) is 127 cm³/mol. The maximum atomic E-state index is 12.5. The van der Waals surface area contributed by atoms with Crippen LogP contribution in [0.2, 0.25) is 0 Å². The van der Waals surface area contributed by atoms with E-state index in [9.17, 15) is 14.4 Å². The summed E-state index contributed by atoms with van der Waals surface area (Å²) in [5, 5.41) is 2.99. The third-order valence-electron chi connectivity index (χ3n) is 5.79. The lowest BCUT2D eigenvalue weighted by atomic mass is 9.96. The zero-order valence-corrected chi connectivity index (χ0v) is 19.1. The molecule has 1 aliphatic heterocycles. The second-order valence-corrected chi connectivity index (χ2v) is 8.10. The van der Waals surface area contributed by atoms with Gasteiger partial charge in [0, 0.05) is 31.0 Å². The van der Waals surface area contributed by atoms with Crippen LogP contribution in [0.15, 0.2) is 42.5 Å². The molecule has 1 fully saturated rings. The molecule has 8 heteroatoms. The average Bonchev–Trinajstić information content (AvgIpc) is 2.82. The molecule has 0 radical (unpaired) electrons. The molecular weight excluding hydrogens is 422 g/mol. The fourth-order valence-electron chi connectivity index (χ4n) is 3.89. The monoisotopic (exact) mass is 453 g/mol. The standard InChI is InChI=1S/C25H31N3O5/c1-17(29)19-9-10-22(23(16-19)32-2)33-15-5-8-24(30)27-20-6-3-4-7-21(20)28-13-11-18(12-14-28)25(26)31/h3-4,6-7,9-10,16,18H,5,8,11-15H2,1-2H3,(H2,26,31)(H,27,30). The maximum absolute atomic E-state index is 12.5. The molecule has 2 amide bonds. The Morgan fingerprint density at radius 3 is 2.48 bits per heavy atom. The Balaban J connectivity index is 1.50. The fraction of sp³-hybridized carbons (Fsp3) is 0.400. The van der Waals surface area contributed by atoms with E-state index in [4.69, 9.17) is 15.2 Å². The lowest BCUT2D eigenvalue weighted by molar-refractivity contribution is -0.122. The van der Waals surface area contributed by atoms with Crippen molar-refractivity contribution in [2.24, 2.45) is 11.7 Å². The van der Waals surface area contributed by atoms with Gasteiger partial charge in [-0.3, -0.25) is 14.4 Å². The highest BCUT2D eigenvalue weighted by Gasteiger charge is 2.24. The summed E-state index contributed by atoms with van der Waals surface area (Å²) in [6, 6.07) is 12.7. The Morgan fingerprint density at radius 2 is 1.82 bits per heavy atom. The number of Topliss-reactive ketones (excluding diaryl/α,β-unsaturated/α-hetero) is 1. The highest BCUT2D eigenvalue weighted by Crippen LogP contribution is 2.30. The van der Waals surface area contributed by atoms with Crippen LogP contribution in [0.25, 0.3) is 0 Å². The molecular formula is C25H31N3O5. The molecule has 1 saturated heterocycles. The molecule has 176 valence electrons. The summed E-state index contributed by atoms with van der Waals surface area (Å²) in [5.74, 6) is 0.547. The largest absolute Gasteiger partial charge is 0.493 e. The van der Waals surface area contributed by atoms with Gasteiger partial charge in [-0.05, 0) is 56.5 Å². The van der Waals surface area contributed by atoms with Crippen molar-refractivity contribution in [3.05, 3.63) is 48.0 Å². The van der Waals surface area contributed by atoms with Gasteiger partial charge in [-0.2, -0.15) is 0 Å². The summed E-state index contributed by atoms with van der Waals surface area (Å²) in [4.78, 5) is 37.6. The Morgan fingerprint density at radius 1 is 1.09 bits per heavy atom. The molecule has 0 aliphatic carbocycles. The van der Waals surface area contributed by atoms with E-state index in [1.807, 2.05) is 24.3 Å². The number of hydrogen-bond donors (Lipinski definition) is 2. The number of piperidine rings is 1. The van der Waals surface area contributed by atoms with Crippen LogP contribution in [-0.2, 0) is 9.59 Å². The Kier molecular flexibility index (Phi) is 8.29. The fourth-order valence-corrected chi connectivity index (χ4v) is 3.89. The third kappa shape index (κ3) is 6.47. The number of anilines is 2. The number of primary amides is 1. The van der Waals surface area contributed by atoms with Crippen LogP contribution in [-0.4, -0.2) is 44.4 Å². The van der Waals surface area contributed by atoms with Crippen LogP contribution in [0.4, 0.5) is 11.4 Å². The second kappa shape index (κ2) is 11.4. The van der Waals surface area contributed by atoms with E-state index in [1.54, 1.807) is 18.2 Å². The molecule has 0 atom stereocenters. The summed E-state index contributed by atoms with van der Waals surface area (Å²) in [6.07, 6.45) is 2.25. The number of carbonyl (C=O) groups excluding carboxylic acids is 3. The number of ether oxygens (including phenoxy) is 2. The molecule has 3 N–H and O–H groups in total. The first kappa shape index (κ1) is 24.1. The molecule has 8 nitrogen and oxygen atoms in total. The van der Waals surface area contributed by atoms with E-state index < -0.39 is 0 Å². The minimum absolute atomic E-state index is 0.0472. The van der Waals surface area contributed by atoms with Gasteiger partial charge in [0.25, 0.3) is 0 Å². The Bertz CT molecular complexity index is 999. The average molecular weight is 454 g/mol. The van der Waals surface area contributed by atoms with Gasteiger partial charge in [-0.15, -0.1) is 0 Å². The van der Waals surface area contributed by atoms with E-state index in [2.05, 4.69) is 10.2 Å². The van der Waals surface area contributed by atoms with Gasteiger partial charge in [-0.25, -0.2) is 0 Å². The van der Waals surface area contributed by atoms with Crippen molar-refractivity contribution in [1.29, 1.82) is 0 Å². The number of nitrogens with one attached hydrogen (secondary N) is 1. The first-order valence-electron chi connectivity index (χ1n) is 11.1. The van der Waals surface area contributed by atoms with Crippen LogP contribution < -0.4 is 25.4 Å². The lowest BCUT2D eigenvalue weighted by Crippen LogP contribution is -2.38. The van der Waals surface area contributed by atoms with Gasteiger partial charge >= 0.3 is 0 Å². The number of para-hydroxylation sites is 2. The summed E-state index contributed by atoms with van der Waals surface area (Å²) >= 11 is 0. The summed E-state index contributed by atoms with van der Waals surface area (Å²) in [6.45, 7) is 3.28. The third-order valence-corrected chi connectivity index (χ3v) is 5.79. The van der Waals surface area contributed by atoms with Crippen molar-refractivity contribution in [3.63, 3.8) is 0 Å². The maximum Gasteiger partial charge on any atom is 0.224 e. The normalized spacial score (nSPS) is 13.9. The topological polar surface area (TPSA) is 111 Å². The molecule has 0 spiro atoms. The molecule has 3 rings (SSSR count). The number of ketones is 1. The van der Waals surface area contributed by atoms with Crippen molar-refractivity contribution in [2.45, 2.75) is 32.6 Å². The predicted octanol–water partition coefficient (Wildman–Crippen LogP) is 3.40. The molecule has 1 heterocycles. The first-order valence-corrected chi connectivity index (χ1v) is 11.1. The number of carbonyl (C=O) groups is 3. The summed E-state index contributed by atoms with van der Waals surface area (Å²) in [7, 11) is 1.52. The quantitative estimate of drug-likeness (QED) is 0.421. The summed E-state index contributed by atoms with van der Waals surface area (Å²) < 4.78 is 11.0. The molecule has 2 aromatic rings. The second-order valence-electron chi connectivity index (χ2n) is 8.10. The van der Waals surface area contributed by atoms with E-state index in [0.29, 0.717) is 49.4 Å². The van der Waals surface area contributed by atoms with Crippen molar-refractivity contribution >= 4 is 29.0 Å². The van der Waals surface area contributed by atoms with Gasteiger partial charge in [0.2, 0.25) is 11.8 Å². The Labute approximate surface area is 194 Å². The molecule has 33 heavy (non-hydrogen) atoms. The highest BCUT2D eigenvalue weighted by molar-refractivity contribution is 5.95. The van der Waals surface area contributed by atoms with Gasteiger partial charge in [0.1, 0.15) is 0 Å². The van der Waals surface area contributed by atoms with E-state index in [-0.39, 0.29) is 23.5 Å². The number of methoxy groups -OCH3 is 1. The Hall–Kier alpha value is -3.55. The van der Waals surface area contributed by atoms with E-state index in [0.717, 1.165) is 24.5 Å². The number of nitrogens with two attached hydrogens (primary N) is 1. The SMILES string of the molecule is COc1cc(C(C)=O)ccc1OCCCC(=O)Nc1ccccc1N1CCC(C(N)=O)CC1. The zero-order valence-electron chi connectivity index (χ0n) is 19.1. The van der Waals surface area contributed by atoms with Crippen LogP contribution in [0.1, 0.15) is 43.0 Å². The highest BCUT2D eigenvalue weighted by atomic mass is 16.5. The molecule has 0 bridgehead atoms. The molecule has 2 aromatic carbocycles. The molecule has 1 aliphatic rings. The number of benzene rings is 2. The van der Waals surface area contributed by atoms with E-state index in [1.165, 1.54) is 14.0 Å². The minimum atomic E-state index is -0.245. The molecule has 0 aromatic heterocycles. The van der Waals surface area contributed by atoms with Crippen LogP contribution in [0, 0.1) is 5.92 Å². The lowest BCUT2D eigenvalue weighted by Gasteiger charge is -2.33. The molecule has 0 saturated carbocycles. The smallest absolute Gasteiger partial charge is 0.224 e. The van der Waals surface area contributed by atoms with Crippen LogP contribution in [0.5, 0.6) is 11.5 Å². The number of nitrogens with zero attached hydrogens (tertiary/aromatic N) is 1. The summed E-state index contributed by atoms with van der Waals surface area (Å²) in [5.41, 5.74) is 7.68. The van der Waals surface area contributed by atoms with Crippen LogP contribution in [0.3, 0.4) is 0 Å². The van der Waals surface area contributed by atoms with Gasteiger partial charge in [-0.1, -0.05) is 12.1 Å². The van der Waals surface area contributed by atoms with E-state index >= 15 is 0 Å². The van der Waals surface area contributed by atoms with Crippen molar-refractivity contribution in [1.82, 2.24) is 0 Å². The molecule has 0 unspecified atom stereocenters. The van der Waals surface area contributed by atoms with Gasteiger partial charge in [0.05, 0.1) is 25.1 Å². The van der Waals surface area contributed by atoms with Crippen molar-refractivity contribution < 1.29 is 23.9 Å². The number of rotatable bonds is 10. The zero-order chi connectivity index (χ0) is 23.8. The minimum Gasteiger partial charge on any atom is -0.493 e. The van der Waals surface area contributed by atoms with Gasteiger partial charge in [0.15, 0.2) is 17.3 Å². The first-order chi connectivity index (χ1) is 15.9. The number of hydrogen-bond acceptors (Lipinski definition) is 6.